The molecule has 0 unspecified atom stereocenters. The van der Waals surface area contributed by atoms with Gasteiger partial charge in [-0.05, 0) is 39.2 Å². The summed E-state index contributed by atoms with van der Waals surface area (Å²) in [6, 6.07) is 0. The first-order valence-electron chi connectivity index (χ1n) is 5.37. The molecule has 0 aromatic heterocycles. The van der Waals surface area contributed by atoms with Gasteiger partial charge in [-0.15, -0.1) is 0 Å². The zero-order valence-corrected chi connectivity index (χ0v) is 10.7. The van der Waals surface area contributed by atoms with Crippen LogP contribution < -0.4 is 0 Å². The van der Waals surface area contributed by atoms with Gasteiger partial charge in [-0.2, -0.15) is 0 Å². The van der Waals surface area contributed by atoms with E-state index in [1.54, 1.807) is 6.92 Å². The molecule has 0 saturated carbocycles. The number of carboxylic acids is 2. The molecule has 0 aromatic rings. The van der Waals surface area contributed by atoms with Crippen LogP contribution >= 0.6 is 0 Å². The lowest BCUT2D eigenvalue weighted by Crippen LogP contribution is -2.09. The molecule has 0 aliphatic carbocycles. The van der Waals surface area contributed by atoms with Gasteiger partial charge >= 0.3 is 11.9 Å². The summed E-state index contributed by atoms with van der Waals surface area (Å²) in [7, 11) is 0. The molecule has 0 heterocycles. The molecule has 0 bridgehead atoms. The second-order valence-corrected chi connectivity index (χ2v) is 3.75. The minimum Gasteiger partial charge on any atom is -0.473 e. The quantitative estimate of drug-likeness (QED) is 0.584. The van der Waals surface area contributed by atoms with Gasteiger partial charge in [0.25, 0.3) is 0 Å². The highest BCUT2D eigenvalue weighted by atomic mass is 16.4. The predicted octanol–water partition coefficient (Wildman–Crippen LogP) is 2.26. The first kappa shape index (κ1) is 17.7. The van der Waals surface area contributed by atoms with Gasteiger partial charge in [-0.1, -0.05) is 18.9 Å². The van der Waals surface area contributed by atoms with E-state index in [9.17, 15) is 4.79 Å². The summed E-state index contributed by atoms with van der Waals surface area (Å²) in [4.78, 5) is 29.2. The van der Waals surface area contributed by atoms with Crippen LogP contribution in [0.4, 0.5) is 0 Å². The number of carbonyl (C=O) groups excluding carboxylic acids is 1. The van der Waals surface area contributed by atoms with Crippen molar-refractivity contribution >= 4 is 17.7 Å². The molecule has 0 rings (SSSR count). The number of rotatable bonds is 4. The summed E-state index contributed by atoms with van der Waals surface area (Å²) in [6.07, 6.45) is 3.23. The van der Waals surface area contributed by atoms with Crippen molar-refractivity contribution in [3.05, 3.63) is 11.1 Å². The Morgan fingerprint density at radius 3 is 1.53 bits per heavy atom. The fraction of sp³-hybridized carbons (Fsp3) is 0.583. The number of unbranched alkanes of at least 4 members (excludes halogenated alkanes) is 1. The SMILES string of the molecule is CCCCC(C(C)=O)=C(C)C.O=C(O)C(=O)O. The number of allylic oxidation sites excluding steroid dienone is 2. The van der Waals surface area contributed by atoms with Crippen molar-refractivity contribution in [1.29, 1.82) is 0 Å². The largest absolute Gasteiger partial charge is 0.473 e. The number of ketones is 1. The lowest BCUT2D eigenvalue weighted by Gasteiger charge is -2.03. The average molecular weight is 244 g/mol. The zero-order valence-electron chi connectivity index (χ0n) is 10.7. The smallest absolute Gasteiger partial charge is 0.414 e. The van der Waals surface area contributed by atoms with E-state index < -0.39 is 11.9 Å². The Bertz CT molecular complexity index is 299. The summed E-state index contributed by atoms with van der Waals surface area (Å²) >= 11 is 0. The lowest BCUT2D eigenvalue weighted by molar-refractivity contribution is -0.159. The van der Waals surface area contributed by atoms with E-state index in [0.717, 1.165) is 24.8 Å². The van der Waals surface area contributed by atoms with Gasteiger partial charge in [0.05, 0.1) is 0 Å². The van der Waals surface area contributed by atoms with Gasteiger partial charge in [0.15, 0.2) is 5.78 Å². The van der Waals surface area contributed by atoms with E-state index in [4.69, 9.17) is 19.8 Å². The van der Waals surface area contributed by atoms with Crippen LogP contribution in [0.2, 0.25) is 0 Å². The number of carbonyl (C=O) groups is 3. The maximum atomic E-state index is 11.0. The molecule has 0 spiro atoms. The number of hydrogen-bond acceptors (Lipinski definition) is 3. The van der Waals surface area contributed by atoms with Crippen molar-refractivity contribution in [1.82, 2.24) is 0 Å². The van der Waals surface area contributed by atoms with Crippen molar-refractivity contribution in [3.8, 4) is 0 Å². The van der Waals surface area contributed by atoms with Gasteiger partial charge in [-0.3, -0.25) is 4.79 Å². The fourth-order valence-electron chi connectivity index (χ4n) is 1.13. The molecule has 98 valence electrons. The van der Waals surface area contributed by atoms with Crippen LogP contribution in [0.25, 0.3) is 0 Å². The second kappa shape index (κ2) is 9.57. The van der Waals surface area contributed by atoms with Crippen LogP contribution in [-0.2, 0) is 14.4 Å². The molecule has 2 N–H and O–H groups in total. The first-order chi connectivity index (χ1) is 7.73. The maximum Gasteiger partial charge on any atom is 0.414 e. The second-order valence-electron chi connectivity index (χ2n) is 3.75. The van der Waals surface area contributed by atoms with Crippen LogP contribution in [0, 0.1) is 0 Å². The lowest BCUT2D eigenvalue weighted by atomic mass is 10.0. The summed E-state index contributed by atoms with van der Waals surface area (Å²) < 4.78 is 0. The molecule has 0 saturated heterocycles. The van der Waals surface area contributed by atoms with Gasteiger partial charge < -0.3 is 10.2 Å². The van der Waals surface area contributed by atoms with Crippen LogP contribution in [0.3, 0.4) is 0 Å². The van der Waals surface area contributed by atoms with Gasteiger partial charge in [0.1, 0.15) is 0 Å². The molecule has 0 radical (unpaired) electrons. The molecule has 17 heavy (non-hydrogen) atoms. The third-order valence-corrected chi connectivity index (χ3v) is 1.99. The minimum absolute atomic E-state index is 0.235. The van der Waals surface area contributed by atoms with Gasteiger partial charge in [-0.25, -0.2) is 9.59 Å². The monoisotopic (exact) mass is 244 g/mol. The number of aliphatic carboxylic acids is 2. The molecule has 0 aliphatic heterocycles. The molecule has 0 fully saturated rings. The maximum absolute atomic E-state index is 11.0. The van der Waals surface area contributed by atoms with Crippen molar-refractivity contribution in [2.75, 3.05) is 0 Å². The molecule has 0 aliphatic rings. The highest BCUT2D eigenvalue weighted by molar-refractivity contribution is 6.27. The van der Waals surface area contributed by atoms with E-state index in [2.05, 4.69) is 6.92 Å². The zero-order chi connectivity index (χ0) is 14.0. The first-order valence-corrected chi connectivity index (χ1v) is 5.37. The van der Waals surface area contributed by atoms with Crippen LogP contribution in [0.5, 0.6) is 0 Å². The Morgan fingerprint density at radius 1 is 0.941 bits per heavy atom. The molecule has 0 amide bonds. The number of hydrogen-bond donors (Lipinski definition) is 2. The van der Waals surface area contributed by atoms with Crippen LogP contribution in [0.15, 0.2) is 11.1 Å². The third kappa shape index (κ3) is 10.6. The molecule has 5 nitrogen and oxygen atoms in total. The minimum atomic E-state index is -1.82. The highest BCUT2D eigenvalue weighted by Gasteiger charge is 2.04. The predicted molar refractivity (Wildman–Crippen MR) is 63.9 cm³/mol. The van der Waals surface area contributed by atoms with Gasteiger partial charge in [0, 0.05) is 0 Å². The van der Waals surface area contributed by atoms with Gasteiger partial charge in [0.2, 0.25) is 0 Å². The van der Waals surface area contributed by atoms with E-state index in [-0.39, 0.29) is 5.78 Å². The normalized spacial score (nSPS) is 8.71. The molecule has 5 heteroatoms. The Labute approximate surface area is 101 Å². The third-order valence-electron chi connectivity index (χ3n) is 1.99. The van der Waals surface area contributed by atoms with E-state index in [0.29, 0.717) is 0 Å². The molecule has 0 atom stereocenters. The summed E-state index contributed by atoms with van der Waals surface area (Å²) in [6.45, 7) is 7.81. The van der Waals surface area contributed by atoms with Crippen molar-refractivity contribution in [2.24, 2.45) is 0 Å². The molecule has 0 aromatic carbocycles. The Morgan fingerprint density at radius 2 is 1.35 bits per heavy atom. The average Bonchev–Trinajstić information content (AvgIpc) is 2.17. The number of carboxylic acid groups (broad SMARTS) is 2. The van der Waals surface area contributed by atoms with E-state index in [1.165, 1.54) is 5.57 Å². The van der Waals surface area contributed by atoms with Crippen molar-refractivity contribution in [3.63, 3.8) is 0 Å². The van der Waals surface area contributed by atoms with Crippen LogP contribution in [0.1, 0.15) is 47.0 Å². The van der Waals surface area contributed by atoms with Crippen molar-refractivity contribution < 1.29 is 24.6 Å². The summed E-state index contributed by atoms with van der Waals surface area (Å²) in [5.41, 5.74) is 2.19. The topological polar surface area (TPSA) is 91.7 Å². The molecular weight excluding hydrogens is 224 g/mol. The van der Waals surface area contributed by atoms with Crippen LogP contribution in [-0.4, -0.2) is 27.9 Å². The molecular formula is C12H20O5. The fourth-order valence-corrected chi connectivity index (χ4v) is 1.13. The van der Waals surface area contributed by atoms with E-state index >= 15 is 0 Å². The standard InChI is InChI=1S/C10H18O.C2H2O4/c1-5-6-7-10(8(2)3)9(4)11;3-1(4)2(5)6/h5-7H2,1-4H3;(H,3,4)(H,5,6). The highest BCUT2D eigenvalue weighted by Crippen LogP contribution is 2.12. The van der Waals surface area contributed by atoms with E-state index in [1.807, 2.05) is 13.8 Å². The Hall–Kier alpha value is -1.65. The number of Topliss-reactive ketones (excluding diaryl/α,β-unsaturated/α-hetero) is 1. The van der Waals surface area contributed by atoms with Crippen molar-refractivity contribution in [2.45, 2.75) is 47.0 Å². The summed E-state index contributed by atoms with van der Waals surface area (Å²) in [5, 5.41) is 14.8. The Balaban J connectivity index is 0. The summed E-state index contributed by atoms with van der Waals surface area (Å²) in [5.74, 6) is -3.41. The Kier molecular flexibility index (Phi) is 9.98.